The van der Waals surface area contributed by atoms with Gasteiger partial charge >= 0.3 is 11.9 Å². The van der Waals surface area contributed by atoms with Gasteiger partial charge in [0.2, 0.25) is 0 Å². The summed E-state index contributed by atoms with van der Waals surface area (Å²) in [5, 5.41) is 24.0. The molecule has 0 aliphatic rings. The van der Waals surface area contributed by atoms with E-state index in [0.717, 1.165) is 0 Å². The highest BCUT2D eigenvalue weighted by Crippen LogP contribution is 2.30. The summed E-state index contributed by atoms with van der Waals surface area (Å²) in [6.45, 7) is 4.01. The number of carboxylic acids is 2. The van der Waals surface area contributed by atoms with E-state index in [-0.39, 0.29) is 33.0 Å². The smallest absolute Gasteiger partial charge is 0.336 e. The van der Waals surface area contributed by atoms with Crippen molar-refractivity contribution in [2.45, 2.75) is 13.8 Å². The number of benzene rings is 2. The van der Waals surface area contributed by atoms with Gasteiger partial charge in [0.15, 0.2) is 0 Å². The molecule has 0 atom stereocenters. The van der Waals surface area contributed by atoms with Gasteiger partial charge in [-0.3, -0.25) is 9.59 Å². The van der Waals surface area contributed by atoms with E-state index < -0.39 is 23.8 Å². The van der Waals surface area contributed by atoms with Crippen LogP contribution in [0.4, 0.5) is 0 Å². The lowest BCUT2D eigenvalue weighted by molar-refractivity contribution is 0.0686. The van der Waals surface area contributed by atoms with Crippen LogP contribution in [0, 0.1) is 0 Å². The summed E-state index contributed by atoms with van der Waals surface area (Å²) in [5.41, 5.74) is -0.513. The molecule has 0 radical (unpaired) electrons. The summed E-state index contributed by atoms with van der Waals surface area (Å²) < 4.78 is 0. The number of hydrogen-bond donors (Lipinski definition) is 4. The van der Waals surface area contributed by atoms with Gasteiger partial charge in [0.25, 0.3) is 11.8 Å². The van der Waals surface area contributed by atoms with Gasteiger partial charge in [-0.1, -0.05) is 0 Å². The molecule has 136 valence electrons. The first-order valence-corrected chi connectivity index (χ1v) is 7.96. The predicted molar refractivity (Wildman–Crippen MR) is 93.9 cm³/mol. The van der Waals surface area contributed by atoms with Gasteiger partial charge in [-0.2, -0.15) is 0 Å². The standard InChI is InChI=1S/C18H18N2O6/c1-3-19-15(21)9-5-7-12(18(25)26)14-10(16(22)20-4-2)6-8-11(13(9)14)17(23)24/h5-8H,3-4H2,1-2H3,(H,19,21)(H,20,22)(H,23,24)(H,25,26). The molecule has 0 aliphatic carbocycles. The molecule has 26 heavy (non-hydrogen) atoms. The van der Waals surface area contributed by atoms with Crippen molar-refractivity contribution in [2.24, 2.45) is 0 Å². The topological polar surface area (TPSA) is 133 Å². The lowest BCUT2D eigenvalue weighted by atomic mass is 9.91. The molecule has 2 aromatic carbocycles. The number of rotatable bonds is 6. The molecule has 0 heterocycles. The molecule has 2 aromatic rings. The Kier molecular flexibility index (Phi) is 5.56. The molecule has 8 heteroatoms. The predicted octanol–water partition coefficient (Wildman–Crippen LogP) is 1.74. The quantitative estimate of drug-likeness (QED) is 0.622. The Labute approximate surface area is 148 Å². The molecule has 2 rings (SSSR count). The number of hydrogen-bond acceptors (Lipinski definition) is 4. The molecular formula is C18H18N2O6. The monoisotopic (exact) mass is 358 g/mol. The zero-order valence-electron chi connectivity index (χ0n) is 14.3. The first-order chi connectivity index (χ1) is 12.3. The summed E-state index contributed by atoms with van der Waals surface area (Å²) in [5.74, 6) is -3.76. The van der Waals surface area contributed by atoms with E-state index in [1.807, 2.05) is 0 Å². The fraction of sp³-hybridized carbons (Fsp3) is 0.222. The van der Waals surface area contributed by atoms with E-state index in [1.165, 1.54) is 24.3 Å². The summed E-state index contributed by atoms with van der Waals surface area (Å²) in [4.78, 5) is 48.1. The maximum atomic E-state index is 12.4. The van der Waals surface area contributed by atoms with E-state index >= 15 is 0 Å². The Morgan fingerprint density at radius 2 is 1.00 bits per heavy atom. The third-order valence-corrected chi connectivity index (χ3v) is 3.79. The van der Waals surface area contributed by atoms with Gasteiger partial charge in [-0.25, -0.2) is 9.59 Å². The summed E-state index contributed by atoms with van der Waals surface area (Å²) in [6, 6.07) is 4.91. The number of amides is 2. The number of fused-ring (bicyclic) bond motifs is 1. The van der Waals surface area contributed by atoms with Crippen molar-refractivity contribution in [1.82, 2.24) is 10.6 Å². The summed E-state index contributed by atoms with van der Waals surface area (Å²) in [6.07, 6.45) is 0. The maximum Gasteiger partial charge on any atom is 0.336 e. The van der Waals surface area contributed by atoms with Crippen molar-refractivity contribution in [2.75, 3.05) is 13.1 Å². The number of carboxylic acid groups (broad SMARTS) is 2. The number of carbonyl (C=O) groups is 4. The van der Waals surface area contributed by atoms with Crippen molar-refractivity contribution < 1.29 is 29.4 Å². The molecule has 0 fully saturated rings. The van der Waals surface area contributed by atoms with Crippen molar-refractivity contribution in [3.63, 3.8) is 0 Å². The minimum absolute atomic E-state index is 0.00426. The number of aromatic carboxylic acids is 2. The number of nitrogens with one attached hydrogen (secondary N) is 2. The van der Waals surface area contributed by atoms with Crippen LogP contribution in [-0.2, 0) is 0 Å². The molecule has 0 bridgehead atoms. The van der Waals surface area contributed by atoms with E-state index in [1.54, 1.807) is 13.8 Å². The lowest BCUT2D eigenvalue weighted by Gasteiger charge is -2.15. The van der Waals surface area contributed by atoms with Gasteiger partial charge in [0, 0.05) is 35.0 Å². The second-order valence-corrected chi connectivity index (χ2v) is 5.40. The van der Waals surface area contributed by atoms with Gasteiger partial charge in [0.1, 0.15) is 0 Å². The Morgan fingerprint density at radius 3 is 1.27 bits per heavy atom. The van der Waals surface area contributed by atoms with Crippen LogP contribution in [0.15, 0.2) is 24.3 Å². The highest BCUT2D eigenvalue weighted by Gasteiger charge is 2.25. The van der Waals surface area contributed by atoms with E-state index in [4.69, 9.17) is 0 Å². The molecule has 0 saturated heterocycles. The van der Waals surface area contributed by atoms with Crippen molar-refractivity contribution in [3.8, 4) is 0 Å². The Morgan fingerprint density at radius 1 is 0.692 bits per heavy atom. The van der Waals surface area contributed by atoms with Crippen LogP contribution in [0.25, 0.3) is 10.8 Å². The van der Waals surface area contributed by atoms with Crippen LogP contribution in [0.3, 0.4) is 0 Å². The van der Waals surface area contributed by atoms with Gasteiger partial charge in [0.05, 0.1) is 11.1 Å². The molecule has 2 amide bonds. The minimum atomic E-state index is -1.33. The van der Waals surface area contributed by atoms with Crippen LogP contribution in [-0.4, -0.2) is 47.1 Å². The van der Waals surface area contributed by atoms with Crippen LogP contribution >= 0.6 is 0 Å². The zero-order chi connectivity index (χ0) is 19.4. The molecule has 0 aromatic heterocycles. The minimum Gasteiger partial charge on any atom is -0.478 e. The molecule has 0 saturated carbocycles. The molecule has 4 N–H and O–H groups in total. The third-order valence-electron chi connectivity index (χ3n) is 3.79. The van der Waals surface area contributed by atoms with Crippen LogP contribution < -0.4 is 10.6 Å². The van der Waals surface area contributed by atoms with E-state index in [2.05, 4.69) is 10.6 Å². The molecule has 8 nitrogen and oxygen atoms in total. The fourth-order valence-electron chi connectivity index (χ4n) is 2.74. The molecule has 0 aliphatic heterocycles. The normalized spacial score (nSPS) is 10.4. The van der Waals surface area contributed by atoms with Crippen molar-refractivity contribution in [3.05, 3.63) is 46.5 Å². The third kappa shape index (κ3) is 3.34. The maximum absolute atomic E-state index is 12.4. The van der Waals surface area contributed by atoms with Crippen molar-refractivity contribution >= 4 is 34.5 Å². The molecular weight excluding hydrogens is 340 g/mol. The average molecular weight is 358 g/mol. The van der Waals surface area contributed by atoms with E-state index in [0.29, 0.717) is 13.1 Å². The Balaban J connectivity index is 3.01. The Hall–Kier alpha value is -3.42. The first-order valence-electron chi connectivity index (χ1n) is 7.96. The summed E-state index contributed by atoms with van der Waals surface area (Å²) >= 11 is 0. The highest BCUT2D eigenvalue weighted by atomic mass is 16.4. The van der Waals surface area contributed by atoms with Crippen molar-refractivity contribution in [1.29, 1.82) is 0 Å². The molecule has 0 spiro atoms. The van der Waals surface area contributed by atoms with Crippen LogP contribution in [0.1, 0.15) is 55.3 Å². The number of carbonyl (C=O) groups excluding carboxylic acids is 2. The van der Waals surface area contributed by atoms with Gasteiger partial charge in [-0.15, -0.1) is 0 Å². The summed E-state index contributed by atoms with van der Waals surface area (Å²) in [7, 11) is 0. The van der Waals surface area contributed by atoms with Gasteiger partial charge < -0.3 is 20.8 Å². The Bertz CT molecular complexity index is 844. The first kappa shape index (κ1) is 18.9. The lowest BCUT2D eigenvalue weighted by Crippen LogP contribution is -2.26. The van der Waals surface area contributed by atoms with E-state index in [9.17, 15) is 29.4 Å². The van der Waals surface area contributed by atoms with Gasteiger partial charge in [-0.05, 0) is 38.1 Å². The zero-order valence-corrected chi connectivity index (χ0v) is 14.3. The highest BCUT2D eigenvalue weighted by molar-refractivity contribution is 6.23. The largest absolute Gasteiger partial charge is 0.478 e. The fourth-order valence-corrected chi connectivity index (χ4v) is 2.74. The second kappa shape index (κ2) is 7.64. The second-order valence-electron chi connectivity index (χ2n) is 5.40. The van der Waals surface area contributed by atoms with Crippen LogP contribution in [0.5, 0.6) is 0 Å². The SMILES string of the molecule is CCNC(=O)c1ccc(C(=O)O)c2c(C(=O)NCC)ccc(C(=O)O)c12. The van der Waals surface area contributed by atoms with Crippen LogP contribution in [0.2, 0.25) is 0 Å². The average Bonchev–Trinajstić information content (AvgIpc) is 2.59. The molecule has 0 unspecified atom stereocenters.